The fraction of sp³-hybridized carbons (Fsp3) is 0.357. The van der Waals surface area contributed by atoms with Gasteiger partial charge in [-0.25, -0.2) is 4.68 Å². The zero-order chi connectivity index (χ0) is 13.6. The van der Waals surface area contributed by atoms with Crippen molar-refractivity contribution < 1.29 is 0 Å². The summed E-state index contributed by atoms with van der Waals surface area (Å²) in [4.78, 5) is 0. The number of fused-ring (bicyclic) bond motifs is 1. The number of benzene rings is 1. The van der Waals surface area contributed by atoms with Gasteiger partial charge < -0.3 is 5.73 Å². The van der Waals surface area contributed by atoms with E-state index in [0.29, 0.717) is 5.82 Å². The molecule has 3 rings (SSSR count). The van der Waals surface area contributed by atoms with Crippen molar-refractivity contribution in [2.75, 3.05) is 5.73 Å². The molecule has 0 fully saturated rings. The van der Waals surface area contributed by atoms with Gasteiger partial charge in [0.25, 0.3) is 0 Å². The zero-order valence-electron chi connectivity index (χ0n) is 10.7. The standard InChI is InChI=1S/C14H15Br2N3/c1-8-6-10(15)13(11(16)7-8)19-12-5-3-2-4-9(12)14(17)18-19/h6-7H,2-5H2,1H3,(H2,17,18). The maximum absolute atomic E-state index is 6.07. The molecular formula is C14H15Br2N3. The molecule has 1 aliphatic carbocycles. The van der Waals surface area contributed by atoms with Crippen molar-refractivity contribution in [3.05, 3.63) is 37.9 Å². The van der Waals surface area contributed by atoms with Gasteiger partial charge >= 0.3 is 0 Å². The minimum absolute atomic E-state index is 0.675. The molecule has 0 bridgehead atoms. The topological polar surface area (TPSA) is 43.8 Å². The Labute approximate surface area is 129 Å². The highest BCUT2D eigenvalue weighted by molar-refractivity contribution is 9.11. The highest BCUT2D eigenvalue weighted by atomic mass is 79.9. The summed E-state index contributed by atoms with van der Waals surface area (Å²) in [6.07, 6.45) is 4.51. The molecule has 1 aromatic heterocycles. The smallest absolute Gasteiger partial charge is 0.149 e. The van der Waals surface area contributed by atoms with E-state index in [1.54, 1.807) is 0 Å². The molecule has 0 spiro atoms. The third-order valence-corrected chi connectivity index (χ3v) is 4.79. The third kappa shape index (κ3) is 2.23. The Kier molecular flexibility index (Phi) is 3.43. The molecule has 0 saturated carbocycles. The second kappa shape index (κ2) is 4.94. The van der Waals surface area contributed by atoms with Crippen LogP contribution in [-0.4, -0.2) is 9.78 Å². The van der Waals surface area contributed by atoms with Gasteiger partial charge in [0.1, 0.15) is 5.82 Å². The van der Waals surface area contributed by atoms with Gasteiger partial charge in [0, 0.05) is 20.2 Å². The number of hydrogen-bond donors (Lipinski definition) is 1. The number of aryl methyl sites for hydroxylation is 1. The maximum atomic E-state index is 6.07. The van der Waals surface area contributed by atoms with Crippen LogP contribution in [0.1, 0.15) is 29.7 Å². The molecule has 0 radical (unpaired) electrons. The van der Waals surface area contributed by atoms with E-state index in [1.165, 1.54) is 29.7 Å². The largest absolute Gasteiger partial charge is 0.382 e. The van der Waals surface area contributed by atoms with Gasteiger partial charge in [-0.15, -0.1) is 0 Å². The van der Waals surface area contributed by atoms with Crippen molar-refractivity contribution >= 4 is 37.7 Å². The van der Waals surface area contributed by atoms with Crippen LogP contribution in [0.2, 0.25) is 0 Å². The second-order valence-corrected chi connectivity index (χ2v) is 6.72. The Bertz CT molecular complexity index is 623. The summed E-state index contributed by atoms with van der Waals surface area (Å²) in [5.41, 5.74) is 10.8. The second-order valence-electron chi connectivity index (χ2n) is 5.01. The number of nitrogens with two attached hydrogens (primary N) is 1. The maximum Gasteiger partial charge on any atom is 0.149 e. The predicted octanol–water partition coefficient (Wildman–Crippen LogP) is 4.17. The van der Waals surface area contributed by atoms with E-state index in [0.717, 1.165) is 27.5 Å². The summed E-state index contributed by atoms with van der Waals surface area (Å²) in [7, 11) is 0. The van der Waals surface area contributed by atoms with Crippen molar-refractivity contribution in [1.29, 1.82) is 0 Å². The lowest BCUT2D eigenvalue weighted by Gasteiger charge is -2.16. The Morgan fingerprint density at radius 2 is 1.79 bits per heavy atom. The van der Waals surface area contributed by atoms with Gasteiger partial charge in [0.05, 0.1) is 5.69 Å². The van der Waals surface area contributed by atoms with Crippen LogP contribution in [0.25, 0.3) is 5.69 Å². The molecule has 0 aliphatic heterocycles. The van der Waals surface area contributed by atoms with Crippen molar-refractivity contribution in [2.24, 2.45) is 0 Å². The molecule has 0 unspecified atom stereocenters. The van der Waals surface area contributed by atoms with E-state index in [9.17, 15) is 0 Å². The predicted molar refractivity (Wildman–Crippen MR) is 84.8 cm³/mol. The minimum atomic E-state index is 0.675. The summed E-state index contributed by atoms with van der Waals surface area (Å²) in [5, 5.41) is 4.55. The molecule has 2 N–H and O–H groups in total. The first kappa shape index (κ1) is 13.2. The molecule has 1 heterocycles. The lowest BCUT2D eigenvalue weighted by atomic mass is 9.97. The first-order valence-electron chi connectivity index (χ1n) is 6.40. The van der Waals surface area contributed by atoms with Crippen molar-refractivity contribution in [2.45, 2.75) is 32.6 Å². The molecule has 100 valence electrons. The van der Waals surface area contributed by atoms with Crippen molar-refractivity contribution in [3.8, 4) is 5.69 Å². The van der Waals surface area contributed by atoms with E-state index in [-0.39, 0.29) is 0 Å². The SMILES string of the molecule is Cc1cc(Br)c(-n2nc(N)c3c2CCCC3)c(Br)c1. The summed E-state index contributed by atoms with van der Waals surface area (Å²) < 4.78 is 4.07. The van der Waals surface area contributed by atoms with Crippen LogP contribution in [-0.2, 0) is 12.8 Å². The fourth-order valence-electron chi connectivity index (χ4n) is 2.71. The van der Waals surface area contributed by atoms with Crippen LogP contribution in [0.4, 0.5) is 5.82 Å². The van der Waals surface area contributed by atoms with Gasteiger partial charge in [-0.3, -0.25) is 0 Å². The van der Waals surface area contributed by atoms with E-state index >= 15 is 0 Å². The average Bonchev–Trinajstić information content (AvgIpc) is 2.67. The highest BCUT2D eigenvalue weighted by Crippen LogP contribution is 2.35. The Morgan fingerprint density at radius 3 is 2.47 bits per heavy atom. The Morgan fingerprint density at radius 1 is 1.16 bits per heavy atom. The lowest BCUT2D eigenvalue weighted by Crippen LogP contribution is -2.09. The van der Waals surface area contributed by atoms with Crippen LogP contribution in [0.15, 0.2) is 21.1 Å². The number of rotatable bonds is 1. The van der Waals surface area contributed by atoms with E-state index in [2.05, 4.69) is 56.0 Å². The molecule has 2 aromatic rings. The number of hydrogen-bond acceptors (Lipinski definition) is 2. The molecule has 0 atom stereocenters. The number of nitrogens with zero attached hydrogens (tertiary/aromatic N) is 2. The quantitative estimate of drug-likeness (QED) is 0.801. The summed E-state index contributed by atoms with van der Waals surface area (Å²) in [6, 6.07) is 4.21. The summed E-state index contributed by atoms with van der Waals surface area (Å²) in [5.74, 6) is 0.675. The number of anilines is 1. The molecule has 1 aromatic carbocycles. The normalized spacial score (nSPS) is 14.5. The Hall–Kier alpha value is -0.810. The van der Waals surface area contributed by atoms with Gasteiger partial charge in [-0.1, -0.05) is 0 Å². The van der Waals surface area contributed by atoms with E-state index in [4.69, 9.17) is 5.73 Å². The highest BCUT2D eigenvalue weighted by Gasteiger charge is 2.22. The average molecular weight is 385 g/mol. The third-order valence-electron chi connectivity index (χ3n) is 3.58. The minimum Gasteiger partial charge on any atom is -0.382 e. The molecule has 3 nitrogen and oxygen atoms in total. The molecule has 19 heavy (non-hydrogen) atoms. The van der Waals surface area contributed by atoms with Gasteiger partial charge in [-0.05, 0) is 82.2 Å². The Balaban J connectivity index is 2.23. The molecule has 0 saturated heterocycles. The van der Waals surface area contributed by atoms with Gasteiger partial charge in [0.15, 0.2) is 0 Å². The molecule has 1 aliphatic rings. The van der Waals surface area contributed by atoms with E-state index in [1.807, 2.05) is 4.68 Å². The number of aromatic nitrogens is 2. The zero-order valence-corrected chi connectivity index (χ0v) is 13.9. The monoisotopic (exact) mass is 383 g/mol. The van der Waals surface area contributed by atoms with Crippen molar-refractivity contribution in [3.63, 3.8) is 0 Å². The number of nitrogen functional groups attached to an aromatic ring is 1. The molecule has 5 heteroatoms. The first-order valence-corrected chi connectivity index (χ1v) is 7.99. The molecule has 0 amide bonds. The first-order chi connectivity index (χ1) is 9.08. The van der Waals surface area contributed by atoms with Crippen LogP contribution in [0.3, 0.4) is 0 Å². The van der Waals surface area contributed by atoms with Crippen LogP contribution in [0, 0.1) is 6.92 Å². The van der Waals surface area contributed by atoms with Crippen LogP contribution < -0.4 is 5.73 Å². The molecular weight excluding hydrogens is 370 g/mol. The lowest BCUT2D eigenvalue weighted by molar-refractivity contribution is 0.652. The van der Waals surface area contributed by atoms with Gasteiger partial charge in [0.2, 0.25) is 0 Å². The van der Waals surface area contributed by atoms with Crippen molar-refractivity contribution in [1.82, 2.24) is 9.78 Å². The fourth-order valence-corrected chi connectivity index (χ4v) is 4.46. The van der Waals surface area contributed by atoms with Gasteiger partial charge in [-0.2, -0.15) is 5.10 Å². The van der Waals surface area contributed by atoms with Crippen LogP contribution in [0.5, 0.6) is 0 Å². The van der Waals surface area contributed by atoms with E-state index < -0.39 is 0 Å². The summed E-state index contributed by atoms with van der Waals surface area (Å²) in [6.45, 7) is 2.08. The number of halogens is 2. The van der Waals surface area contributed by atoms with Crippen LogP contribution >= 0.6 is 31.9 Å². The summed E-state index contributed by atoms with van der Waals surface area (Å²) >= 11 is 7.28.